The third-order valence-electron chi connectivity index (χ3n) is 3.85. The molecule has 1 aliphatic carbocycles. The van der Waals surface area contributed by atoms with Crippen LogP contribution in [0.4, 0.5) is 4.39 Å². The molecule has 2 nitrogen and oxygen atoms in total. The van der Waals surface area contributed by atoms with Gasteiger partial charge in [0.05, 0.1) is 5.41 Å². The summed E-state index contributed by atoms with van der Waals surface area (Å²) in [5.41, 5.74) is 0.188. The second-order valence-electron chi connectivity index (χ2n) is 5.35. The van der Waals surface area contributed by atoms with Crippen molar-refractivity contribution in [2.75, 3.05) is 0 Å². The van der Waals surface area contributed by atoms with Crippen molar-refractivity contribution in [1.82, 2.24) is 0 Å². The minimum Gasteiger partial charge on any atom is -0.481 e. The Morgan fingerprint density at radius 2 is 2.33 bits per heavy atom. The van der Waals surface area contributed by atoms with Gasteiger partial charge in [-0.1, -0.05) is 28.9 Å². The summed E-state index contributed by atoms with van der Waals surface area (Å²) in [6.45, 7) is 2.09. The van der Waals surface area contributed by atoms with Gasteiger partial charge in [0.1, 0.15) is 5.82 Å². The molecule has 4 heteroatoms. The van der Waals surface area contributed by atoms with Crippen molar-refractivity contribution in [3.05, 3.63) is 34.1 Å². The van der Waals surface area contributed by atoms with Crippen LogP contribution in [0.25, 0.3) is 0 Å². The second kappa shape index (κ2) is 5.00. The average Bonchev–Trinajstić information content (AvgIpc) is 2.66. The van der Waals surface area contributed by atoms with Crippen LogP contribution in [-0.4, -0.2) is 11.1 Å². The van der Waals surface area contributed by atoms with Gasteiger partial charge in [-0.15, -0.1) is 0 Å². The van der Waals surface area contributed by atoms with Gasteiger partial charge in [0.2, 0.25) is 0 Å². The molecule has 0 spiro atoms. The number of aliphatic carboxylic acids is 1. The molecule has 0 radical (unpaired) electrons. The fourth-order valence-corrected chi connectivity index (χ4v) is 3.34. The summed E-state index contributed by atoms with van der Waals surface area (Å²) in [4.78, 5) is 11.6. The lowest BCUT2D eigenvalue weighted by Crippen LogP contribution is -2.30. The minimum atomic E-state index is -0.733. The van der Waals surface area contributed by atoms with Crippen LogP contribution >= 0.6 is 15.9 Å². The molecule has 0 bridgehead atoms. The molecule has 2 unspecified atom stereocenters. The third-order valence-corrected chi connectivity index (χ3v) is 4.59. The molecule has 1 N–H and O–H groups in total. The first kappa shape index (κ1) is 13.5. The highest BCUT2D eigenvalue weighted by Crippen LogP contribution is 2.45. The third kappa shape index (κ3) is 2.58. The van der Waals surface area contributed by atoms with E-state index in [1.165, 1.54) is 12.1 Å². The number of hydrogen-bond donors (Lipinski definition) is 1. The van der Waals surface area contributed by atoms with Gasteiger partial charge in [-0.2, -0.15) is 0 Å². The van der Waals surface area contributed by atoms with Gasteiger partial charge in [-0.05, 0) is 49.3 Å². The molecule has 98 valence electrons. The molecule has 2 atom stereocenters. The first-order valence-corrected chi connectivity index (χ1v) is 6.89. The summed E-state index contributed by atoms with van der Waals surface area (Å²) in [6.07, 6.45) is 2.82. The fraction of sp³-hybridized carbons (Fsp3) is 0.500. The van der Waals surface area contributed by atoms with Crippen molar-refractivity contribution in [3.8, 4) is 0 Å². The molecule has 0 aromatic heterocycles. The maximum atomic E-state index is 13.0. The number of carboxylic acids is 1. The van der Waals surface area contributed by atoms with Gasteiger partial charge >= 0.3 is 5.97 Å². The normalized spacial score (nSPS) is 27.4. The summed E-state index contributed by atoms with van der Waals surface area (Å²) < 4.78 is 13.7. The van der Waals surface area contributed by atoms with E-state index in [0.717, 1.165) is 12.0 Å². The van der Waals surface area contributed by atoms with Gasteiger partial charge in [0.25, 0.3) is 0 Å². The van der Waals surface area contributed by atoms with Crippen LogP contribution in [0.2, 0.25) is 0 Å². The molecule has 18 heavy (non-hydrogen) atoms. The largest absolute Gasteiger partial charge is 0.481 e. The number of carbonyl (C=O) groups is 1. The Morgan fingerprint density at radius 3 is 2.83 bits per heavy atom. The average molecular weight is 315 g/mol. The van der Waals surface area contributed by atoms with Crippen molar-refractivity contribution in [1.29, 1.82) is 0 Å². The van der Waals surface area contributed by atoms with Crippen LogP contribution in [-0.2, 0) is 11.2 Å². The predicted octanol–water partition coefficient (Wildman–Crippen LogP) is 4.02. The van der Waals surface area contributed by atoms with E-state index in [0.29, 0.717) is 29.7 Å². The topological polar surface area (TPSA) is 37.3 Å². The molecule has 1 fully saturated rings. The SMILES string of the molecule is CC1CCC(Cc2ccc(F)cc2Br)(C(=O)O)C1. The zero-order valence-corrected chi connectivity index (χ0v) is 11.8. The van der Waals surface area contributed by atoms with Gasteiger partial charge in [0, 0.05) is 4.47 Å². The number of halogens is 2. The van der Waals surface area contributed by atoms with Crippen molar-refractivity contribution >= 4 is 21.9 Å². The number of benzene rings is 1. The monoisotopic (exact) mass is 314 g/mol. The lowest BCUT2D eigenvalue weighted by molar-refractivity contribution is -0.148. The van der Waals surface area contributed by atoms with Crippen molar-refractivity contribution in [3.63, 3.8) is 0 Å². The van der Waals surface area contributed by atoms with E-state index in [-0.39, 0.29) is 5.82 Å². The summed E-state index contributed by atoms with van der Waals surface area (Å²) in [6, 6.07) is 4.45. The zero-order valence-electron chi connectivity index (χ0n) is 10.2. The molecule has 2 rings (SSSR count). The van der Waals surface area contributed by atoms with Crippen LogP contribution < -0.4 is 0 Å². The lowest BCUT2D eigenvalue weighted by atomic mass is 9.79. The van der Waals surface area contributed by atoms with Gasteiger partial charge < -0.3 is 5.11 Å². The maximum Gasteiger partial charge on any atom is 0.309 e. The molecular weight excluding hydrogens is 299 g/mol. The van der Waals surface area contributed by atoms with Gasteiger partial charge in [0.15, 0.2) is 0 Å². The first-order chi connectivity index (χ1) is 8.43. The molecule has 1 aromatic rings. The van der Waals surface area contributed by atoms with Crippen molar-refractivity contribution in [2.45, 2.75) is 32.6 Å². The molecule has 0 heterocycles. The lowest BCUT2D eigenvalue weighted by Gasteiger charge is -2.24. The number of hydrogen-bond acceptors (Lipinski definition) is 1. The Labute approximate surface area is 114 Å². The minimum absolute atomic E-state index is 0.310. The standard InChI is InChI=1S/C14H16BrFO2/c1-9-4-5-14(7-9,13(17)18)8-10-2-3-11(16)6-12(10)15/h2-3,6,9H,4-5,7-8H2,1H3,(H,17,18). The Bertz CT molecular complexity index is 475. The summed E-state index contributed by atoms with van der Waals surface area (Å²) >= 11 is 3.31. The van der Waals surface area contributed by atoms with E-state index in [1.54, 1.807) is 6.07 Å². The van der Waals surface area contributed by atoms with E-state index in [2.05, 4.69) is 22.9 Å². The van der Waals surface area contributed by atoms with E-state index >= 15 is 0 Å². The van der Waals surface area contributed by atoms with Crippen LogP contribution in [0.5, 0.6) is 0 Å². The van der Waals surface area contributed by atoms with Crippen LogP contribution in [0, 0.1) is 17.2 Å². The van der Waals surface area contributed by atoms with E-state index in [9.17, 15) is 14.3 Å². The molecule has 1 aliphatic rings. The smallest absolute Gasteiger partial charge is 0.309 e. The fourth-order valence-electron chi connectivity index (χ4n) is 2.85. The van der Waals surface area contributed by atoms with E-state index in [1.807, 2.05) is 0 Å². The van der Waals surface area contributed by atoms with Gasteiger partial charge in [-0.25, -0.2) is 4.39 Å². The highest BCUT2D eigenvalue weighted by Gasteiger charge is 2.44. The molecule has 0 amide bonds. The van der Waals surface area contributed by atoms with Crippen molar-refractivity contribution < 1.29 is 14.3 Å². The predicted molar refractivity (Wildman–Crippen MR) is 70.9 cm³/mol. The summed E-state index contributed by atoms with van der Waals surface area (Å²) in [5, 5.41) is 9.50. The Balaban J connectivity index is 2.27. The van der Waals surface area contributed by atoms with Crippen molar-refractivity contribution in [2.24, 2.45) is 11.3 Å². The van der Waals surface area contributed by atoms with E-state index in [4.69, 9.17) is 0 Å². The molecular formula is C14H16BrFO2. The highest BCUT2D eigenvalue weighted by atomic mass is 79.9. The number of carboxylic acid groups (broad SMARTS) is 1. The Kier molecular flexibility index (Phi) is 3.76. The van der Waals surface area contributed by atoms with Crippen LogP contribution in [0.15, 0.2) is 22.7 Å². The van der Waals surface area contributed by atoms with E-state index < -0.39 is 11.4 Å². The van der Waals surface area contributed by atoms with Gasteiger partial charge in [-0.3, -0.25) is 4.79 Å². The Hall–Kier alpha value is -0.900. The molecule has 0 saturated heterocycles. The van der Waals surface area contributed by atoms with Crippen LogP contribution in [0.1, 0.15) is 31.7 Å². The quantitative estimate of drug-likeness (QED) is 0.914. The zero-order chi connectivity index (χ0) is 13.3. The molecule has 1 aromatic carbocycles. The number of rotatable bonds is 3. The summed E-state index contributed by atoms with van der Waals surface area (Å²) in [5.74, 6) is -0.599. The molecule has 1 saturated carbocycles. The maximum absolute atomic E-state index is 13.0. The summed E-state index contributed by atoms with van der Waals surface area (Å²) in [7, 11) is 0. The highest BCUT2D eigenvalue weighted by molar-refractivity contribution is 9.10. The first-order valence-electron chi connectivity index (χ1n) is 6.10. The van der Waals surface area contributed by atoms with Crippen LogP contribution in [0.3, 0.4) is 0 Å². The Morgan fingerprint density at radius 1 is 1.61 bits per heavy atom. The second-order valence-corrected chi connectivity index (χ2v) is 6.20. The molecule has 0 aliphatic heterocycles.